The molecule has 2 aromatic heterocycles. The molecule has 0 bridgehead atoms. The topological polar surface area (TPSA) is 98.1 Å². The summed E-state index contributed by atoms with van der Waals surface area (Å²) in [6.07, 6.45) is 3.18. The predicted molar refractivity (Wildman–Crippen MR) is 76.9 cm³/mol. The molecule has 0 atom stereocenters. The van der Waals surface area contributed by atoms with Crippen LogP contribution in [0.2, 0.25) is 0 Å². The molecular weight excluding hydrogens is 286 g/mol. The molecule has 116 valence electrons. The molecule has 9 heteroatoms. The Labute approximate surface area is 127 Å². The van der Waals surface area contributed by atoms with Gasteiger partial charge in [0.15, 0.2) is 0 Å². The van der Waals surface area contributed by atoms with Crippen molar-refractivity contribution in [3.05, 3.63) is 30.2 Å². The zero-order valence-electron chi connectivity index (χ0n) is 12.1. The van der Waals surface area contributed by atoms with Crippen LogP contribution in [0, 0.1) is 0 Å². The first-order chi connectivity index (χ1) is 10.8. The third-order valence-electron chi connectivity index (χ3n) is 3.33. The molecule has 2 aromatic rings. The molecule has 3 rings (SSSR count). The first-order valence-electron chi connectivity index (χ1n) is 7.06. The molecule has 0 radical (unpaired) electrons. The Hall–Kier alpha value is -2.55. The van der Waals surface area contributed by atoms with Gasteiger partial charge in [0.1, 0.15) is 18.7 Å². The quantitative estimate of drug-likeness (QED) is 0.773. The van der Waals surface area contributed by atoms with E-state index in [2.05, 4.69) is 30.7 Å². The van der Waals surface area contributed by atoms with Crippen LogP contribution in [0.25, 0.3) is 0 Å². The van der Waals surface area contributed by atoms with Crippen molar-refractivity contribution in [2.45, 2.75) is 13.1 Å². The smallest absolute Gasteiger partial charge is 0.242 e. The number of hydrogen-bond donors (Lipinski definition) is 1. The number of nitrogens with zero attached hydrogens (tertiary/aromatic N) is 6. The van der Waals surface area contributed by atoms with Gasteiger partial charge >= 0.3 is 0 Å². The fourth-order valence-electron chi connectivity index (χ4n) is 2.16. The maximum absolute atomic E-state index is 11.7. The number of ether oxygens (including phenoxy) is 1. The van der Waals surface area contributed by atoms with Crippen molar-refractivity contribution in [1.29, 1.82) is 0 Å². The number of carbonyl (C=O) groups excluding carboxylic acids is 1. The van der Waals surface area contributed by atoms with Crippen LogP contribution in [0.1, 0.15) is 5.56 Å². The first kappa shape index (κ1) is 14.4. The molecule has 1 amide bonds. The second-order valence-corrected chi connectivity index (χ2v) is 4.91. The highest BCUT2D eigenvalue weighted by Gasteiger charge is 2.12. The zero-order chi connectivity index (χ0) is 15.2. The first-order valence-corrected chi connectivity index (χ1v) is 7.06. The van der Waals surface area contributed by atoms with Gasteiger partial charge in [0.05, 0.1) is 13.2 Å². The Morgan fingerprint density at radius 2 is 2.18 bits per heavy atom. The number of tetrazole rings is 1. The minimum absolute atomic E-state index is 0.103. The van der Waals surface area contributed by atoms with Crippen LogP contribution in [-0.2, 0) is 22.6 Å². The summed E-state index contributed by atoms with van der Waals surface area (Å²) in [5, 5.41) is 13.4. The highest BCUT2D eigenvalue weighted by atomic mass is 16.5. The molecule has 1 saturated heterocycles. The largest absolute Gasteiger partial charge is 0.378 e. The molecule has 3 heterocycles. The van der Waals surface area contributed by atoms with Gasteiger partial charge in [-0.25, -0.2) is 9.67 Å². The molecule has 0 spiro atoms. The van der Waals surface area contributed by atoms with Crippen LogP contribution in [-0.4, -0.2) is 57.4 Å². The Morgan fingerprint density at radius 3 is 2.86 bits per heavy atom. The fraction of sp³-hybridized carbons (Fsp3) is 0.462. The molecule has 0 aromatic carbocycles. The summed E-state index contributed by atoms with van der Waals surface area (Å²) < 4.78 is 6.69. The maximum atomic E-state index is 11.7. The number of hydrogen-bond acceptors (Lipinski definition) is 7. The van der Waals surface area contributed by atoms with Gasteiger partial charge in [-0.05, 0) is 22.1 Å². The van der Waals surface area contributed by atoms with Gasteiger partial charge in [-0.15, -0.1) is 5.10 Å². The second kappa shape index (κ2) is 6.94. The predicted octanol–water partition coefficient (Wildman–Crippen LogP) is -0.779. The second-order valence-electron chi connectivity index (χ2n) is 4.91. The van der Waals surface area contributed by atoms with Crippen molar-refractivity contribution in [1.82, 2.24) is 30.5 Å². The van der Waals surface area contributed by atoms with Gasteiger partial charge in [-0.1, -0.05) is 6.07 Å². The molecule has 1 aliphatic rings. The monoisotopic (exact) mass is 303 g/mol. The normalized spacial score (nSPS) is 14.8. The van der Waals surface area contributed by atoms with Gasteiger partial charge < -0.3 is 15.0 Å². The van der Waals surface area contributed by atoms with E-state index >= 15 is 0 Å². The number of aromatic nitrogens is 5. The van der Waals surface area contributed by atoms with Crippen LogP contribution in [0.3, 0.4) is 0 Å². The highest BCUT2D eigenvalue weighted by molar-refractivity contribution is 5.75. The van der Waals surface area contributed by atoms with Crippen LogP contribution in [0.5, 0.6) is 0 Å². The van der Waals surface area contributed by atoms with Crippen LogP contribution in [0.15, 0.2) is 24.7 Å². The molecule has 0 saturated carbocycles. The van der Waals surface area contributed by atoms with E-state index in [1.54, 1.807) is 6.20 Å². The number of nitrogens with one attached hydrogen (secondary N) is 1. The lowest BCUT2D eigenvalue weighted by Gasteiger charge is -2.27. The van der Waals surface area contributed by atoms with Gasteiger partial charge in [-0.2, -0.15) is 0 Å². The minimum Gasteiger partial charge on any atom is -0.378 e. The van der Waals surface area contributed by atoms with Gasteiger partial charge in [0.25, 0.3) is 0 Å². The van der Waals surface area contributed by atoms with Crippen molar-refractivity contribution in [3.63, 3.8) is 0 Å². The summed E-state index contributed by atoms with van der Waals surface area (Å²) >= 11 is 0. The van der Waals surface area contributed by atoms with E-state index < -0.39 is 0 Å². The van der Waals surface area contributed by atoms with Gasteiger partial charge in [0.2, 0.25) is 5.91 Å². The minimum atomic E-state index is -0.149. The van der Waals surface area contributed by atoms with Gasteiger partial charge in [-0.3, -0.25) is 4.79 Å². The van der Waals surface area contributed by atoms with E-state index in [1.165, 1.54) is 11.0 Å². The van der Waals surface area contributed by atoms with Crippen LogP contribution >= 0.6 is 0 Å². The van der Waals surface area contributed by atoms with E-state index in [0.717, 1.165) is 37.7 Å². The van der Waals surface area contributed by atoms with E-state index in [9.17, 15) is 4.79 Å². The molecule has 1 aliphatic heterocycles. The molecule has 1 fully saturated rings. The summed E-state index contributed by atoms with van der Waals surface area (Å²) in [5.41, 5.74) is 0.946. The molecule has 0 unspecified atom stereocenters. The lowest BCUT2D eigenvalue weighted by Crippen LogP contribution is -2.36. The lowest BCUT2D eigenvalue weighted by atomic mass is 10.2. The lowest BCUT2D eigenvalue weighted by molar-refractivity contribution is -0.122. The Morgan fingerprint density at radius 1 is 1.32 bits per heavy atom. The number of pyridine rings is 1. The SMILES string of the molecule is O=C(Cn1cnnn1)NCc1ccc(N2CCOCC2)nc1. The summed E-state index contributed by atoms with van der Waals surface area (Å²) in [6, 6.07) is 3.93. The fourth-order valence-corrected chi connectivity index (χ4v) is 2.16. The van der Waals surface area contributed by atoms with Crippen molar-refractivity contribution in [2.75, 3.05) is 31.2 Å². The average molecular weight is 303 g/mol. The number of morpholine rings is 1. The van der Waals surface area contributed by atoms with Crippen molar-refractivity contribution >= 4 is 11.7 Å². The average Bonchev–Trinajstić information content (AvgIpc) is 3.07. The zero-order valence-corrected chi connectivity index (χ0v) is 12.1. The molecule has 0 aliphatic carbocycles. The molecule has 9 nitrogen and oxygen atoms in total. The van der Waals surface area contributed by atoms with Crippen LogP contribution in [0.4, 0.5) is 5.82 Å². The molecule has 22 heavy (non-hydrogen) atoms. The van der Waals surface area contributed by atoms with Gasteiger partial charge in [0, 0.05) is 25.8 Å². The third-order valence-corrected chi connectivity index (χ3v) is 3.33. The van der Waals surface area contributed by atoms with E-state index in [-0.39, 0.29) is 12.5 Å². The molecule has 1 N–H and O–H groups in total. The number of anilines is 1. The van der Waals surface area contributed by atoms with Crippen LogP contribution < -0.4 is 10.2 Å². The van der Waals surface area contributed by atoms with Crippen molar-refractivity contribution in [3.8, 4) is 0 Å². The van der Waals surface area contributed by atoms with Crippen molar-refractivity contribution < 1.29 is 9.53 Å². The third kappa shape index (κ3) is 3.76. The van der Waals surface area contributed by atoms with E-state index in [1.807, 2.05) is 12.1 Å². The Balaban J connectivity index is 1.49. The highest BCUT2D eigenvalue weighted by Crippen LogP contribution is 2.12. The number of amides is 1. The number of rotatable bonds is 5. The molecular formula is C13H17N7O2. The number of carbonyl (C=O) groups is 1. The standard InChI is InChI=1S/C13H17N7O2/c21-13(9-20-10-16-17-18-20)15-8-11-1-2-12(14-7-11)19-3-5-22-6-4-19/h1-2,7,10H,3-6,8-9H2,(H,15,21). The Bertz CT molecular complexity index is 593. The van der Waals surface area contributed by atoms with Crippen molar-refractivity contribution in [2.24, 2.45) is 0 Å². The maximum Gasteiger partial charge on any atom is 0.242 e. The Kier molecular flexibility index (Phi) is 4.54. The van der Waals surface area contributed by atoms with E-state index in [4.69, 9.17) is 4.74 Å². The summed E-state index contributed by atoms with van der Waals surface area (Å²) in [6.45, 7) is 3.71. The van der Waals surface area contributed by atoms with E-state index in [0.29, 0.717) is 6.54 Å². The summed E-state index contributed by atoms with van der Waals surface area (Å²) in [5.74, 6) is 0.789. The summed E-state index contributed by atoms with van der Waals surface area (Å²) in [4.78, 5) is 18.3. The summed E-state index contributed by atoms with van der Waals surface area (Å²) in [7, 11) is 0.